The fourth-order valence-electron chi connectivity index (χ4n) is 1.51. The molecule has 0 radical (unpaired) electrons. The zero-order valence-corrected chi connectivity index (χ0v) is 11.4. The van der Waals surface area contributed by atoms with E-state index in [1.165, 1.54) is 55.9 Å². The predicted octanol–water partition coefficient (Wildman–Crippen LogP) is 1.67. The highest BCUT2D eigenvalue weighted by molar-refractivity contribution is 7.92. The van der Waals surface area contributed by atoms with Crippen LogP contribution >= 0.6 is 0 Å². The Kier molecular flexibility index (Phi) is 3.99. The minimum absolute atomic E-state index is 0.0667. The van der Waals surface area contributed by atoms with Crippen molar-refractivity contribution in [3.63, 3.8) is 0 Å². The summed E-state index contributed by atoms with van der Waals surface area (Å²) in [4.78, 5) is 15.1. The summed E-state index contributed by atoms with van der Waals surface area (Å²) in [7, 11) is -2.40. The first-order chi connectivity index (χ1) is 9.53. The molecule has 0 saturated carbocycles. The Bertz CT molecular complexity index is 697. The van der Waals surface area contributed by atoms with Gasteiger partial charge in [-0.05, 0) is 36.4 Å². The normalized spacial score (nSPS) is 10.8. The Morgan fingerprint density at radius 1 is 1.20 bits per heavy atom. The van der Waals surface area contributed by atoms with E-state index < -0.39 is 16.0 Å². The number of carbonyl (C=O) groups excluding carboxylic acids is 1. The molecule has 0 aliphatic heterocycles. The summed E-state index contributed by atoms with van der Waals surface area (Å²) in [5, 5.41) is 0. The molecule has 0 amide bonds. The van der Waals surface area contributed by atoms with Crippen molar-refractivity contribution in [2.24, 2.45) is 0 Å². The van der Waals surface area contributed by atoms with Gasteiger partial charge in [0.1, 0.15) is 4.90 Å². The van der Waals surface area contributed by atoms with Crippen LogP contribution in [0.1, 0.15) is 10.4 Å². The highest BCUT2D eigenvalue weighted by Crippen LogP contribution is 2.16. The molecular weight excluding hydrogens is 280 g/mol. The van der Waals surface area contributed by atoms with Crippen molar-refractivity contribution in [1.82, 2.24) is 4.98 Å². The molecule has 1 heterocycles. The molecule has 0 saturated heterocycles. The van der Waals surface area contributed by atoms with Crippen LogP contribution in [0.4, 0.5) is 5.69 Å². The number of carbonyl (C=O) groups is 1. The second-order valence-electron chi connectivity index (χ2n) is 3.86. The van der Waals surface area contributed by atoms with Crippen LogP contribution in [-0.2, 0) is 14.8 Å². The van der Waals surface area contributed by atoms with Gasteiger partial charge in [-0.3, -0.25) is 9.71 Å². The minimum atomic E-state index is -3.68. The van der Waals surface area contributed by atoms with E-state index in [0.29, 0.717) is 11.3 Å². The molecule has 0 aliphatic carbocycles. The van der Waals surface area contributed by atoms with E-state index in [-0.39, 0.29) is 4.90 Å². The van der Waals surface area contributed by atoms with E-state index in [9.17, 15) is 13.2 Å². The van der Waals surface area contributed by atoms with Crippen LogP contribution in [0, 0.1) is 0 Å². The molecule has 1 aromatic heterocycles. The summed E-state index contributed by atoms with van der Waals surface area (Å²) in [5.41, 5.74) is 0.693. The molecule has 0 aliphatic rings. The van der Waals surface area contributed by atoms with Crippen LogP contribution in [0.2, 0.25) is 0 Å². The van der Waals surface area contributed by atoms with Crippen LogP contribution in [0.15, 0.2) is 53.7 Å². The van der Waals surface area contributed by atoms with Gasteiger partial charge in [0.15, 0.2) is 0 Å². The van der Waals surface area contributed by atoms with E-state index in [0.717, 1.165) is 0 Å². The summed E-state index contributed by atoms with van der Waals surface area (Å²) in [6.07, 6.45) is 2.75. The number of esters is 1. The molecule has 0 unspecified atom stereocenters. The molecule has 2 aromatic rings. The van der Waals surface area contributed by atoms with Crippen molar-refractivity contribution in [2.45, 2.75) is 4.90 Å². The van der Waals surface area contributed by atoms with Crippen molar-refractivity contribution in [3.05, 3.63) is 54.4 Å². The van der Waals surface area contributed by atoms with Crippen molar-refractivity contribution < 1.29 is 17.9 Å². The summed E-state index contributed by atoms with van der Waals surface area (Å²) in [6, 6.07) is 8.91. The van der Waals surface area contributed by atoms with Gasteiger partial charge < -0.3 is 4.74 Å². The maximum absolute atomic E-state index is 12.0. The molecular formula is C13H12N2O4S. The number of pyridine rings is 1. The maximum atomic E-state index is 12.0. The molecule has 20 heavy (non-hydrogen) atoms. The average molecular weight is 292 g/mol. The summed E-state index contributed by atoms with van der Waals surface area (Å²) in [6.45, 7) is 0. The Balaban J connectivity index is 2.20. The fraction of sp³-hybridized carbons (Fsp3) is 0.0769. The smallest absolute Gasteiger partial charge is 0.337 e. The molecule has 0 atom stereocenters. The van der Waals surface area contributed by atoms with Gasteiger partial charge in [-0.15, -0.1) is 0 Å². The zero-order valence-electron chi connectivity index (χ0n) is 10.6. The van der Waals surface area contributed by atoms with Crippen LogP contribution in [0.25, 0.3) is 0 Å². The standard InChI is InChI=1S/C13H12N2O4S/c1-19-13(16)10-4-6-11(7-5-10)15-20(17,18)12-3-2-8-14-9-12/h2-9,15H,1H3. The Hall–Kier alpha value is -2.41. The summed E-state index contributed by atoms with van der Waals surface area (Å²) in [5.74, 6) is -0.480. The molecule has 6 nitrogen and oxygen atoms in total. The van der Waals surface area contributed by atoms with Crippen LogP contribution in [-0.4, -0.2) is 26.5 Å². The average Bonchev–Trinajstić information content (AvgIpc) is 2.48. The lowest BCUT2D eigenvalue weighted by Crippen LogP contribution is -2.13. The van der Waals surface area contributed by atoms with Crippen molar-refractivity contribution in [2.75, 3.05) is 11.8 Å². The third-order valence-electron chi connectivity index (χ3n) is 2.50. The number of ether oxygens (including phenoxy) is 1. The molecule has 0 bridgehead atoms. The van der Waals surface area contributed by atoms with Gasteiger partial charge in [-0.1, -0.05) is 0 Å². The number of sulfonamides is 1. The van der Waals surface area contributed by atoms with E-state index in [2.05, 4.69) is 14.4 Å². The number of rotatable bonds is 4. The van der Waals surface area contributed by atoms with Gasteiger partial charge in [-0.25, -0.2) is 13.2 Å². The number of hydrogen-bond donors (Lipinski definition) is 1. The molecule has 0 spiro atoms. The minimum Gasteiger partial charge on any atom is -0.465 e. The van der Waals surface area contributed by atoms with Crippen molar-refractivity contribution in [1.29, 1.82) is 0 Å². The number of aromatic nitrogens is 1. The van der Waals surface area contributed by atoms with E-state index in [1.807, 2.05) is 0 Å². The van der Waals surface area contributed by atoms with Crippen LogP contribution in [0.3, 0.4) is 0 Å². The number of anilines is 1. The van der Waals surface area contributed by atoms with Gasteiger partial charge >= 0.3 is 5.97 Å². The first-order valence-electron chi connectivity index (χ1n) is 5.64. The number of benzene rings is 1. The highest BCUT2D eigenvalue weighted by atomic mass is 32.2. The van der Waals surface area contributed by atoms with Gasteiger partial charge in [0.25, 0.3) is 10.0 Å². The molecule has 1 aromatic carbocycles. The third-order valence-corrected chi connectivity index (χ3v) is 3.87. The first kappa shape index (κ1) is 14.0. The van der Waals surface area contributed by atoms with Gasteiger partial charge in [0.05, 0.1) is 12.7 Å². The van der Waals surface area contributed by atoms with Crippen molar-refractivity contribution in [3.8, 4) is 0 Å². The lowest BCUT2D eigenvalue weighted by molar-refractivity contribution is 0.0601. The summed E-state index contributed by atoms with van der Waals surface area (Å²) < 4.78 is 31.0. The lowest BCUT2D eigenvalue weighted by Gasteiger charge is -2.08. The van der Waals surface area contributed by atoms with Gasteiger partial charge in [0, 0.05) is 18.1 Å². The maximum Gasteiger partial charge on any atom is 0.337 e. The monoisotopic (exact) mass is 292 g/mol. The second kappa shape index (κ2) is 5.70. The largest absolute Gasteiger partial charge is 0.465 e. The van der Waals surface area contributed by atoms with Crippen LogP contribution < -0.4 is 4.72 Å². The van der Waals surface area contributed by atoms with Crippen molar-refractivity contribution >= 4 is 21.7 Å². The number of nitrogens with one attached hydrogen (secondary N) is 1. The predicted molar refractivity (Wildman–Crippen MR) is 72.8 cm³/mol. The SMILES string of the molecule is COC(=O)c1ccc(NS(=O)(=O)c2cccnc2)cc1. The first-order valence-corrected chi connectivity index (χ1v) is 7.12. The quantitative estimate of drug-likeness (QED) is 0.866. The molecule has 0 fully saturated rings. The topological polar surface area (TPSA) is 85.4 Å². The molecule has 2 rings (SSSR count). The van der Waals surface area contributed by atoms with Gasteiger partial charge in [0.2, 0.25) is 0 Å². The molecule has 104 valence electrons. The number of nitrogens with zero attached hydrogens (tertiary/aromatic N) is 1. The lowest BCUT2D eigenvalue weighted by atomic mass is 10.2. The highest BCUT2D eigenvalue weighted by Gasteiger charge is 2.14. The van der Waals surface area contributed by atoms with Gasteiger partial charge in [-0.2, -0.15) is 0 Å². The second-order valence-corrected chi connectivity index (χ2v) is 5.55. The fourth-order valence-corrected chi connectivity index (χ4v) is 2.53. The van der Waals surface area contributed by atoms with E-state index >= 15 is 0 Å². The summed E-state index contributed by atoms with van der Waals surface area (Å²) >= 11 is 0. The Morgan fingerprint density at radius 3 is 2.45 bits per heavy atom. The number of hydrogen-bond acceptors (Lipinski definition) is 5. The zero-order chi connectivity index (χ0) is 14.6. The Labute approximate surface area is 116 Å². The third kappa shape index (κ3) is 3.12. The molecule has 7 heteroatoms. The van der Waals surface area contributed by atoms with E-state index in [1.54, 1.807) is 0 Å². The molecule has 1 N–H and O–H groups in total. The Morgan fingerprint density at radius 2 is 1.90 bits per heavy atom. The van der Waals surface area contributed by atoms with Crippen LogP contribution in [0.5, 0.6) is 0 Å². The number of methoxy groups -OCH3 is 1. The van der Waals surface area contributed by atoms with E-state index in [4.69, 9.17) is 0 Å².